The van der Waals surface area contributed by atoms with Gasteiger partial charge in [0.15, 0.2) is 0 Å². The summed E-state index contributed by atoms with van der Waals surface area (Å²) < 4.78 is 2.04. The van der Waals surface area contributed by atoms with Gasteiger partial charge in [0.2, 0.25) is 0 Å². The molecule has 1 heterocycles. The minimum Gasteiger partial charge on any atom is -0.312 e. The van der Waals surface area contributed by atoms with Gasteiger partial charge in [0.05, 0.1) is 0 Å². The van der Waals surface area contributed by atoms with E-state index >= 15 is 0 Å². The van der Waals surface area contributed by atoms with Gasteiger partial charge in [-0.05, 0) is 58.9 Å². The second kappa shape index (κ2) is 6.70. The minimum absolute atomic E-state index is 0.214. The predicted octanol–water partition coefficient (Wildman–Crippen LogP) is 3.04. The fourth-order valence-electron chi connectivity index (χ4n) is 3.20. The Morgan fingerprint density at radius 1 is 1.25 bits per heavy atom. The monoisotopic (exact) mass is 278 g/mol. The lowest BCUT2D eigenvalue weighted by molar-refractivity contribution is 0.209. The maximum absolute atomic E-state index is 4.46. The van der Waals surface area contributed by atoms with Crippen LogP contribution in [0.2, 0.25) is 0 Å². The fraction of sp³-hybridized carbons (Fsp3) is 0.875. The highest BCUT2D eigenvalue weighted by Gasteiger charge is 2.27. The number of hydrogen-bond acceptors (Lipinski definition) is 3. The summed E-state index contributed by atoms with van der Waals surface area (Å²) in [5, 5.41) is 7.99. The molecule has 0 radical (unpaired) electrons. The average Bonchev–Trinajstić information content (AvgIpc) is 2.84. The highest BCUT2D eigenvalue weighted by molar-refractivity contribution is 4.91. The summed E-state index contributed by atoms with van der Waals surface area (Å²) in [6, 6.07) is 0. The number of rotatable bonds is 5. The topological polar surface area (TPSA) is 42.7 Å². The molecule has 0 bridgehead atoms. The molecule has 4 heteroatoms. The maximum Gasteiger partial charge on any atom is 0.138 e. The van der Waals surface area contributed by atoms with Gasteiger partial charge >= 0.3 is 0 Å². The van der Waals surface area contributed by atoms with Gasteiger partial charge in [-0.1, -0.05) is 12.8 Å². The van der Waals surface area contributed by atoms with Crippen molar-refractivity contribution < 1.29 is 0 Å². The summed E-state index contributed by atoms with van der Waals surface area (Å²) in [7, 11) is 0. The van der Waals surface area contributed by atoms with Gasteiger partial charge in [-0.2, -0.15) is 5.10 Å². The van der Waals surface area contributed by atoms with E-state index in [1.807, 2.05) is 4.68 Å². The molecule has 1 aliphatic rings. The van der Waals surface area contributed by atoms with Crippen LogP contribution in [-0.4, -0.2) is 26.8 Å². The van der Waals surface area contributed by atoms with Crippen molar-refractivity contribution in [3.63, 3.8) is 0 Å². The lowest BCUT2D eigenvalue weighted by Gasteiger charge is -2.34. The van der Waals surface area contributed by atoms with Crippen molar-refractivity contribution in [2.45, 2.75) is 71.9 Å². The molecule has 20 heavy (non-hydrogen) atoms. The van der Waals surface area contributed by atoms with E-state index in [1.54, 1.807) is 6.33 Å². The summed E-state index contributed by atoms with van der Waals surface area (Å²) >= 11 is 0. The summed E-state index contributed by atoms with van der Waals surface area (Å²) in [5.41, 5.74) is 0.214. The van der Waals surface area contributed by atoms with Crippen molar-refractivity contribution in [3.05, 3.63) is 12.2 Å². The first kappa shape index (κ1) is 15.5. The van der Waals surface area contributed by atoms with Gasteiger partial charge in [0.25, 0.3) is 0 Å². The molecule has 1 fully saturated rings. The molecule has 0 saturated heterocycles. The number of hydrogen-bond donors (Lipinski definition) is 1. The van der Waals surface area contributed by atoms with E-state index in [2.05, 4.69) is 43.1 Å². The SMILES string of the molecule is CCn1ncnc1CC1CCCCC1CNC(C)(C)C. The fourth-order valence-corrected chi connectivity index (χ4v) is 3.20. The van der Waals surface area contributed by atoms with Crippen molar-refractivity contribution in [3.8, 4) is 0 Å². The van der Waals surface area contributed by atoms with Crippen molar-refractivity contribution >= 4 is 0 Å². The standard InChI is InChI=1S/C16H30N4/c1-5-20-15(17-12-19-20)10-13-8-6-7-9-14(13)11-18-16(2,3)4/h12-14,18H,5-11H2,1-4H3. The van der Waals surface area contributed by atoms with Crippen LogP contribution in [0.25, 0.3) is 0 Å². The molecule has 114 valence electrons. The Balaban J connectivity index is 1.96. The van der Waals surface area contributed by atoms with Gasteiger partial charge in [0, 0.05) is 18.5 Å². The molecule has 2 unspecified atom stereocenters. The number of nitrogens with one attached hydrogen (secondary N) is 1. The molecule has 0 spiro atoms. The van der Waals surface area contributed by atoms with Crippen LogP contribution in [0.4, 0.5) is 0 Å². The second-order valence-electron chi connectivity index (χ2n) is 7.13. The predicted molar refractivity (Wildman–Crippen MR) is 82.6 cm³/mol. The zero-order chi connectivity index (χ0) is 14.6. The lowest BCUT2D eigenvalue weighted by atomic mass is 9.77. The first-order valence-electron chi connectivity index (χ1n) is 8.11. The Morgan fingerprint density at radius 3 is 2.60 bits per heavy atom. The molecule has 1 aromatic rings. The van der Waals surface area contributed by atoms with Crippen LogP contribution in [0.3, 0.4) is 0 Å². The minimum atomic E-state index is 0.214. The largest absolute Gasteiger partial charge is 0.312 e. The van der Waals surface area contributed by atoms with Crippen molar-refractivity contribution in [2.75, 3.05) is 6.54 Å². The summed E-state index contributed by atoms with van der Waals surface area (Å²) in [5.74, 6) is 2.71. The number of nitrogens with zero attached hydrogens (tertiary/aromatic N) is 3. The molecule has 4 nitrogen and oxygen atoms in total. The molecule has 1 saturated carbocycles. The van der Waals surface area contributed by atoms with Crippen molar-refractivity contribution in [1.82, 2.24) is 20.1 Å². The highest BCUT2D eigenvalue weighted by atomic mass is 15.3. The van der Waals surface area contributed by atoms with E-state index in [4.69, 9.17) is 0 Å². The van der Waals surface area contributed by atoms with E-state index < -0.39 is 0 Å². The van der Waals surface area contributed by atoms with Gasteiger partial charge in [-0.15, -0.1) is 0 Å². The van der Waals surface area contributed by atoms with Crippen LogP contribution < -0.4 is 5.32 Å². The summed E-state index contributed by atoms with van der Waals surface area (Å²) in [4.78, 5) is 4.46. The molecular weight excluding hydrogens is 248 g/mol. The molecule has 0 aliphatic heterocycles. The van der Waals surface area contributed by atoms with Gasteiger partial charge in [0.1, 0.15) is 12.2 Å². The third kappa shape index (κ3) is 4.30. The van der Waals surface area contributed by atoms with Crippen LogP contribution >= 0.6 is 0 Å². The zero-order valence-electron chi connectivity index (χ0n) is 13.5. The van der Waals surface area contributed by atoms with E-state index in [1.165, 1.54) is 31.5 Å². The zero-order valence-corrected chi connectivity index (χ0v) is 13.5. The van der Waals surface area contributed by atoms with E-state index in [0.29, 0.717) is 0 Å². The van der Waals surface area contributed by atoms with Gasteiger partial charge in [-0.25, -0.2) is 4.98 Å². The molecular formula is C16H30N4. The Labute approximate surface area is 123 Å². The molecule has 0 amide bonds. The number of aryl methyl sites for hydroxylation is 1. The Kier molecular flexibility index (Phi) is 5.19. The quantitative estimate of drug-likeness (QED) is 0.900. The van der Waals surface area contributed by atoms with Crippen LogP contribution in [0.5, 0.6) is 0 Å². The Morgan fingerprint density at radius 2 is 1.95 bits per heavy atom. The Hall–Kier alpha value is -0.900. The summed E-state index contributed by atoms with van der Waals surface area (Å²) in [6.45, 7) is 10.9. The molecule has 2 atom stereocenters. The second-order valence-corrected chi connectivity index (χ2v) is 7.13. The lowest BCUT2D eigenvalue weighted by Crippen LogP contribution is -2.42. The number of aromatic nitrogens is 3. The first-order chi connectivity index (χ1) is 9.49. The van der Waals surface area contributed by atoms with E-state index in [-0.39, 0.29) is 5.54 Å². The average molecular weight is 278 g/mol. The molecule has 1 aromatic heterocycles. The van der Waals surface area contributed by atoms with E-state index in [9.17, 15) is 0 Å². The normalized spacial score (nSPS) is 24.0. The van der Waals surface area contributed by atoms with Crippen LogP contribution in [0.1, 0.15) is 59.2 Å². The third-order valence-corrected chi connectivity index (χ3v) is 4.40. The first-order valence-corrected chi connectivity index (χ1v) is 8.11. The smallest absolute Gasteiger partial charge is 0.138 e. The third-order valence-electron chi connectivity index (χ3n) is 4.40. The molecule has 1 N–H and O–H groups in total. The molecule has 0 aromatic carbocycles. The van der Waals surface area contributed by atoms with Crippen molar-refractivity contribution in [2.24, 2.45) is 11.8 Å². The highest BCUT2D eigenvalue weighted by Crippen LogP contribution is 2.32. The van der Waals surface area contributed by atoms with E-state index in [0.717, 1.165) is 31.3 Å². The summed E-state index contributed by atoms with van der Waals surface area (Å²) in [6.07, 6.45) is 8.24. The van der Waals surface area contributed by atoms with Crippen LogP contribution in [0, 0.1) is 11.8 Å². The molecule has 1 aliphatic carbocycles. The van der Waals surface area contributed by atoms with Crippen LogP contribution in [0.15, 0.2) is 6.33 Å². The van der Waals surface area contributed by atoms with Crippen molar-refractivity contribution in [1.29, 1.82) is 0 Å². The maximum atomic E-state index is 4.46. The van der Waals surface area contributed by atoms with Crippen LogP contribution in [-0.2, 0) is 13.0 Å². The molecule has 2 rings (SSSR count). The Bertz CT molecular complexity index is 405. The van der Waals surface area contributed by atoms with Gasteiger partial charge in [-0.3, -0.25) is 4.68 Å². The van der Waals surface area contributed by atoms with Gasteiger partial charge < -0.3 is 5.32 Å².